The molecule has 0 bridgehead atoms. The van der Waals surface area contributed by atoms with Crippen molar-refractivity contribution in [3.63, 3.8) is 0 Å². The number of carbonyl (C=O) groups excluding carboxylic acids is 1. The monoisotopic (exact) mass is 338 g/mol. The van der Waals surface area contributed by atoms with Crippen LogP contribution < -0.4 is 10.1 Å². The molecule has 2 N–H and O–H groups in total. The first kappa shape index (κ1) is 15.7. The van der Waals surface area contributed by atoms with Gasteiger partial charge in [-0.15, -0.1) is 0 Å². The number of hydrogen-bond donors (Lipinski definition) is 2. The van der Waals surface area contributed by atoms with Crippen molar-refractivity contribution in [1.29, 1.82) is 0 Å². The van der Waals surface area contributed by atoms with Crippen molar-refractivity contribution in [2.75, 3.05) is 13.7 Å². The summed E-state index contributed by atoms with van der Waals surface area (Å²) in [7, 11) is 1.63. The molecular formula is C19H22N4O2. The molecule has 0 unspecified atom stereocenters. The molecule has 6 heteroatoms. The Balaban J connectivity index is 1.41. The minimum absolute atomic E-state index is 0.0964. The van der Waals surface area contributed by atoms with Gasteiger partial charge in [0.05, 0.1) is 7.11 Å². The van der Waals surface area contributed by atoms with E-state index in [1.807, 2.05) is 30.5 Å². The third kappa shape index (κ3) is 3.12. The molecular weight excluding hydrogens is 316 g/mol. The number of aryl methyl sites for hydroxylation is 1. The van der Waals surface area contributed by atoms with E-state index >= 15 is 0 Å². The summed E-state index contributed by atoms with van der Waals surface area (Å²) in [4.78, 5) is 20.1. The van der Waals surface area contributed by atoms with Crippen molar-refractivity contribution in [1.82, 2.24) is 19.9 Å². The Morgan fingerprint density at radius 2 is 2.24 bits per heavy atom. The SMILES string of the molecule is COc1ccc2[nH]c(C(=O)NCCn3c(C)cnc3C3CC3)cc2c1. The Bertz CT molecular complexity index is 921. The predicted octanol–water partition coefficient (Wildman–Crippen LogP) is 2.99. The number of H-pyrrole nitrogens is 1. The maximum atomic E-state index is 12.4. The van der Waals surface area contributed by atoms with Gasteiger partial charge in [0.15, 0.2) is 0 Å². The van der Waals surface area contributed by atoms with Crippen LogP contribution in [0.25, 0.3) is 10.9 Å². The molecule has 6 nitrogen and oxygen atoms in total. The first-order valence-electron chi connectivity index (χ1n) is 8.62. The summed E-state index contributed by atoms with van der Waals surface area (Å²) < 4.78 is 7.44. The molecule has 1 aliphatic rings. The van der Waals surface area contributed by atoms with E-state index in [1.54, 1.807) is 7.11 Å². The van der Waals surface area contributed by atoms with Crippen molar-refractivity contribution in [3.05, 3.63) is 47.7 Å². The number of carbonyl (C=O) groups is 1. The highest BCUT2D eigenvalue weighted by Crippen LogP contribution is 2.39. The van der Waals surface area contributed by atoms with Crippen molar-refractivity contribution in [2.45, 2.75) is 32.2 Å². The number of amides is 1. The number of rotatable bonds is 6. The molecule has 0 aliphatic heterocycles. The summed E-state index contributed by atoms with van der Waals surface area (Å²) in [5.41, 5.74) is 2.63. The number of aromatic nitrogens is 3. The molecule has 3 aromatic rings. The Morgan fingerprint density at radius 3 is 3.00 bits per heavy atom. The Kier molecular flexibility index (Phi) is 3.95. The number of methoxy groups -OCH3 is 1. The second-order valence-corrected chi connectivity index (χ2v) is 6.58. The number of aromatic amines is 1. The van der Waals surface area contributed by atoms with Gasteiger partial charge in [0.1, 0.15) is 17.3 Å². The van der Waals surface area contributed by atoms with E-state index in [0.29, 0.717) is 18.2 Å². The maximum absolute atomic E-state index is 12.4. The van der Waals surface area contributed by atoms with Crippen LogP contribution in [-0.4, -0.2) is 34.1 Å². The van der Waals surface area contributed by atoms with Crippen LogP contribution in [0.15, 0.2) is 30.5 Å². The van der Waals surface area contributed by atoms with E-state index in [9.17, 15) is 4.79 Å². The standard InChI is InChI=1S/C19H22N4O2/c1-12-11-21-18(13-3-4-13)23(12)8-7-20-19(24)17-10-14-9-15(25-2)5-6-16(14)22-17/h5-6,9-11,13,22H,3-4,7-8H2,1-2H3,(H,20,24). The highest BCUT2D eigenvalue weighted by molar-refractivity contribution is 5.98. The van der Waals surface area contributed by atoms with Crippen molar-refractivity contribution < 1.29 is 9.53 Å². The number of nitrogens with one attached hydrogen (secondary N) is 2. The van der Waals surface area contributed by atoms with E-state index in [0.717, 1.165) is 34.7 Å². The molecule has 0 spiro atoms. The topological polar surface area (TPSA) is 71.9 Å². The number of ether oxygens (including phenoxy) is 1. The lowest BCUT2D eigenvalue weighted by Gasteiger charge is -2.10. The molecule has 1 aromatic carbocycles. The molecule has 130 valence electrons. The lowest BCUT2D eigenvalue weighted by molar-refractivity contribution is 0.0948. The van der Waals surface area contributed by atoms with Crippen LogP contribution in [-0.2, 0) is 6.54 Å². The van der Waals surface area contributed by atoms with Crippen molar-refractivity contribution >= 4 is 16.8 Å². The lowest BCUT2D eigenvalue weighted by Crippen LogP contribution is -2.28. The van der Waals surface area contributed by atoms with E-state index in [1.165, 1.54) is 12.8 Å². The highest BCUT2D eigenvalue weighted by atomic mass is 16.5. The third-order valence-electron chi connectivity index (χ3n) is 4.72. The molecule has 1 aliphatic carbocycles. The summed E-state index contributed by atoms with van der Waals surface area (Å²) >= 11 is 0. The number of hydrogen-bond acceptors (Lipinski definition) is 3. The average Bonchev–Trinajstić information content (AvgIpc) is 3.26. The molecule has 0 atom stereocenters. The van der Waals surface area contributed by atoms with Gasteiger partial charge in [-0.25, -0.2) is 4.98 Å². The van der Waals surface area contributed by atoms with E-state index in [4.69, 9.17) is 4.74 Å². The summed E-state index contributed by atoms with van der Waals surface area (Å²) in [5, 5.41) is 3.95. The fraction of sp³-hybridized carbons (Fsp3) is 0.368. The second-order valence-electron chi connectivity index (χ2n) is 6.58. The molecule has 1 fully saturated rings. The van der Waals surface area contributed by atoms with Crippen LogP contribution in [0.3, 0.4) is 0 Å². The van der Waals surface area contributed by atoms with Crippen molar-refractivity contribution in [2.24, 2.45) is 0 Å². The van der Waals surface area contributed by atoms with Gasteiger partial charge in [-0.1, -0.05) is 0 Å². The normalized spacial score (nSPS) is 14.0. The predicted molar refractivity (Wildman–Crippen MR) is 96.1 cm³/mol. The number of benzene rings is 1. The summed E-state index contributed by atoms with van der Waals surface area (Å²) in [6.45, 7) is 3.39. The fourth-order valence-electron chi connectivity index (χ4n) is 3.17. The van der Waals surface area contributed by atoms with Crippen LogP contribution >= 0.6 is 0 Å². The van der Waals surface area contributed by atoms with Gasteiger partial charge < -0.3 is 19.6 Å². The smallest absolute Gasteiger partial charge is 0.267 e. The van der Waals surface area contributed by atoms with Crippen molar-refractivity contribution in [3.8, 4) is 5.75 Å². The van der Waals surface area contributed by atoms with Gasteiger partial charge in [0.2, 0.25) is 0 Å². The highest BCUT2D eigenvalue weighted by Gasteiger charge is 2.28. The zero-order valence-electron chi connectivity index (χ0n) is 14.5. The maximum Gasteiger partial charge on any atom is 0.267 e. The van der Waals surface area contributed by atoms with Gasteiger partial charge in [-0.05, 0) is 44.0 Å². The van der Waals surface area contributed by atoms with E-state index < -0.39 is 0 Å². The van der Waals surface area contributed by atoms with Gasteiger partial charge in [-0.3, -0.25) is 4.79 Å². The van der Waals surface area contributed by atoms with Gasteiger partial charge in [0.25, 0.3) is 5.91 Å². The average molecular weight is 338 g/mol. The Labute approximate surface area is 146 Å². The van der Waals surface area contributed by atoms with Crippen LogP contribution in [0, 0.1) is 6.92 Å². The van der Waals surface area contributed by atoms with Gasteiger partial charge in [0, 0.05) is 41.8 Å². The number of imidazole rings is 1. The summed E-state index contributed by atoms with van der Waals surface area (Å²) in [6.07, 6.45) is 4.36. The molecule has 1 saturated carbocycles. The first-order chi connectivity index (χ1) is 12.2. The van der Waals surface area contributed by atoms with Gasteiger partial charge in [-0.2, -0.15) is 0 Å². The Hall–Kier alpha value is -2.76. The minimum Gasteiger partial charge on any atom is -0.497 e. The van der Waals surface area contributed by atoms with Crippen LogP contribution in [0.4, 0.5) is 0 Å². The van der Waals surface area contributed by atoms with Crippen LogP contribution in [0.1, 0.15) is 40.8 Å². The third-order valence-corrected chi connectivity index (χ3v) is 4.72. The molecule has 4 rings (SSSR count). The first-order valence-corrected chi connectivity index (χ1v) is 8.62. The van der Waals surface area contributed by atoms with Gasteiger partial charge >= 0.3 is 0 Å². The molecule has 1 amide bonds. The minimum atomic E-state index is -0.0964. The zero-order valence-corrected chi connectivity index (χ0v) is 14.5. The second kappa shape index (κ2) is 6.27. The largest absolute Gasteiger partial charge is 0.497 e. The molecule has 25 heavy (non-hydrogen) atoms. The quantitative estimate of drug-likeness (QED) is 0.726. The number of nitrogens with zero attached hydrogens (tertiary/aromatic N) is 2. The molecule has 0 saturated heterocycles. The van der Waals surface area contributed by atoms with E-state index in [2.05, 4.69) is 26.8 Å². The molecule has 0 radical (unpaired) electrons. The van der Waals surface area contributed by atoms with Crippen LogP contribution in [0.2, 0.25) is 0 Å². The summed E-state index contributed by atoms with van der Waals surface area (Å²) in [6, 6.07) is 7.56. The number of fused-ring (bicyclic) bond motifs is 1. The molecule has 2 aromatic heterocycles. The van der Waals surface area contributed by atoms with Crippen LogP contribution in [0.5, 0.6) is 5.75 Å². The summed E-state index contributed by atoms with van der Waals surface area (Å²) in [5.74, 6) is 2.44. The fourth-order valence-corrected chi connectivity index (χ4v) is 3.17. The van der Waals surface area contributed by atoms with E-state index in [-0.39, 0.29) is 5.91 Å². The zero-order chi connectivity index (χ0) is 17.4. The lowest BCUT2D eigenvalue weighted by atomic mass is 10.2. The Morgan fingerprint density at radius 1 is 1.40 bits per heavy atom. The molecule has 2 heterocycles.